The van der Waals surface area contributed by atoms with Gasteiger partial charge in [-0.2, -0.15) is 11.8 Å². The lowest BCUT2D eigenvalue weighted by Crippen LogP contribution is -2.25. The predicted molar refractivity (Wildman–Crippen MR) is 84.9 cm³/mol. The third-order valence-corrected chi connectivity index (χ3v) is 5.02. The van der Waals surface area contributed by atoms with E-state index in [0.717, 1.165) is 17.5 Å². The van der Waals surface area contributed by atoms with Crippen molar-refractivity contribution in [1.82, 2.24) is 5.32 Å². The number of thioether (sulfide) groups is 1. The van der Waals surface area contributed by atoms with Crippen LogP contribution in [0.1, 0.15) is 29.0 Å². The van der Waals surface area contributed by atoms with Crippen molar-refractivity contribution in [2.45, 2.75) is 19.4 Å². The quantitative estimate of drug-likeness (QED) is 0.887. The van der Waals surface area contributed by atoms with Crippen molar-refractivity contribution in [1.29, 1.82) is 0 Å². The molecule has 0 bridgehead atoms. The molecule has 2 heterocycles. The predicted octanol–water partition coefficient (Wildman–Crippen LogP) is 3.36. The maximum atomic E-state index is 11.3. The fraction of sp³-hybridized carbons (Fsp3) is 0.438. The first-order chi connectivity index (χ1) is 10.3. The molecule has 21 heavy (non-hydrogen) atoms. The Balaban J connectivity index is 1.72. The lowest BCUT2D eigenvalue weighted by Gasteiger charge is -2.21. The lowest BCUT2D eigenvalue weighted by molar-refractivity contribution is 0.0663. The highest BCUT2D eigenvalue weighted by Gasteiger charge is 2.20. The normalized spacial score (nSPS) is 16.4. The molecule has 1 aliphatic rings. The Bertz CT molecular complexity index is 631. The Morgan fingerprint density at radius 2 is 2.10 bits per heavy atom. The molecule has 0 aliphatic carbocycles. The van der Waals surface area contributed by atoms with E-state index >= 15 is 0 Å². The van der Waals surface area contributed by atoms with E-state index in [4.69, 9.17) is 4.42 Å². The molecule has 1 aromatic carbocycles. The van der Waals surface area contributed by atoms with Crippen LogP contribution in [0, 0.1) is 5.92 Å². The van der Waals surface area contributed by atoms with Gasteiger partial charge < -0.3 is 14.8 Å². The Morgan fingerprint density at radius 3 is 2.86 bits per heavy atom. The van der Waals surface area contributed by atoms with E-state index in [-0.39, 0.29) is 5.76 Å². The molecule has 2 N–H and O–H groups in total. The minimum absolute atomic E-state index is 0.0582. The van der Waals surface area contributed by atoms with Crippen molar-refractivity contribution in [2.75, 3.05) is 18.1 Å². The topological polar surface area (TPSA) is 62.5 Å². The van der Waals surface area contributed by atoms with Crippen molar-refractivity contribution in [3.63, 3.8) is 0 Å². The van der Waals surface area contributed by atoms with E-state index in [0.29, 0.717) is 18.0 Å². The second-order valence-corrected chi connectivity index (χ2v) is 6.62. The summed E-state index contributed by atoms with van der Waals surface area (Å²) < 4.78 is 5.46. The van der Waals surface area contributed by atoms with Gasteiger partial charge in [-0.1, -0.05) is 18.2 Å². The standard InChI is InChI=1S/C16H19NO3S/c18-16(19)15-13(12-3-1-2-4-14(12)20-15)10-17-9-11-5-7-21-8-6-11/h1-4,11,17H,5-10H2,(H,18,19). The van der Waals surface area contributed by atoms with E-state index in [1.165, 1.54) is 24.3 Å². The summed E-state index contributed by atoms with van der Waals surface area (Å²) in [6, 6.07) is 7.49. The molecule has 5 heteroatoms. The molecule has 1 aromatic heterocycles. The van der Waals surface area contributed by atoms with Crippen LogP contribution >= 0.6 is 11.8 Å². The van der Waals surface area contributed by atoms with E-state index in [2.05, 4.69) is 5.32 Å². The summed E-state index contributed by atoms with van der Waals surface area (Å²) in [4.78, 5) is 11.3. The Labute approximate surface area is 127 Å². The number of aromatic carboxylic acids is 1. The fourth-order valence-electron chi connectivity index (χ4n) is 2.80. The van der Waals surface area contributed by atoms with E-state index in [1.807, 2.05) is 36.0 Å². The molecule has 112 valence electrons. The Hall–Kier alpha value is -1.46. The number of furan rings is 1. The number of rotatable bonds is 5. The average Bonchev–Trinajstić information content (AvgIpc) is 2.88. The van der Waals surface area contributed by atoms with Gasteiger partial charge >= 0.3 is 5.97 Å². The lowest BCUT2D eigenvalue weighted by atomic mass is 10.0. The maximum absolute atomic E-state index is 11.3. The fourth-order valence-corrected chi connectivity index (χ4v) is 4.00. The molecule has 1 aliphatic heterocycles. The molecule has 1 saturated heterocycles. The minimum Gasteiger partial charge on any atom is -0.475 e. The zero-order valence-corrected chi connectivity index (χ0v) is 12.6. The van der Waals surface area contributed by atoms with Crippen LogP contribution in [0.4, 0.5) is 0 Å². The summed E-state index contributed by atoms with van der Waals surface area (Å²) >= 11 is 2.02. The van der Waals surface area contributed by atoms with Crippen LogP contribution in [-0.4, -0.2) is 29.1 Å². The van der Waals surface area contributed by atoms with Crippen LogP contribution in [0.2, 0.25) is 0 Å². The molecule has 0 amide bonds. The van der Waals surface area contributed by atoms with Crippen LogP contribution in [0.3, 0.4) is 0 Å². The van der Waals surface area contributed by atoms with E-state index in [1.54, 1.807) is 0 Å². The van der Waals surface area contributed by atoms with E-state index in [9.17, 15) is 9.90 Å². The van der Waals surface area contributed by atoms with E-state index < -0.39 is 5.97 Å². The third kappa shape index (κ3) is 3.24. The molecule has 3 rings (SSSR count). The number of hydrogen-bond donors (Lipinski definition) is 2. The monoisotopic (exact) mass is 305 g/mol. The number of para-hydroxylation sites is 1. The minimum atomic E-state index is -1.00. The maximum Gasteiger partial charge on any atom is 0.372 e. The smallest absolute Gasteiger partial charge is 0.372 e. The molecule has 4 nitrogen and oxygen atoms in total. The summed E-state index contributed by atoms with van der Waals surface area (Å²) in [6.07, 6.45) is 2.49. The van der Waals surface area contributed by atoms with Gasteiger partial charge in [0.25, 0.3) is 0 Å². The summed E-state index contributed by atoms with van der Waals surface area (Å²) in [7, 11) is 0. The number of carbonyl (C=O) groups is 1. The van der Waals surface area contributed by atoms with Gasteiger partial charge in [0.05, 0.1) is 0 Å². The van der Waals surface area contributed by atoms with Crippen LogP contribution in [0.5, 0.6) is 0 Å². The third-order valence-electron chi connectivity index (χ3n) is 3.97. The zero-order chi connectivity index (χ0) is 14.7. The van der Waals surface area contributed by atoms with Gasteiger partial charge in [0, 0.05) is 17.5 Å². The van der Waals surface area contributed by atoms with Crippen molar-refractivity contribution < 1.29 is 14.3 Å². The number of carboxylic acid groups (broad SMARTS) is 1. The van der Waals surface area contributed by atoms with Crippen LogP contribution in [0.15, 0.2) is 28.7 Å². The van der Waals surface area contributed by atoms with Gasteiger partial charge in [0.1, 0.15) is 5.58 Å². The zero-order valence-electron chi connectivity index (χ0n) is 11.8. The summed E-state index contributed by atoms with van der Waals surface area (Å²) in [6.45, 7) is 1.49. The van der Waals surface area contributed by atoms with Gasteiger partial charge in [-0.05, 0) is 42.9 Å². The van der Waals surface area contributed by atoms with Gasteiger partial charge in [-0.3, -0.25) is 0 Å². The number of fused-ring (bicyclic) bond motifs is 1. The van der Waals surface area contributed by atoms with Gasteiger partial charge in [-0.15, -0.1) is 0 Å². The molecule has 0 spiro atoms. The molecule has 0 radical (unpaired) electrons. The van der Waals surface area contributed by atoms with Crippen LogP contribution in [-0.2, 0) is 6.54 Å². The van der Waals surface area contributed by atoms with Crippen molar-refractivity contribution in [3.05, 3.63) is 35.6 Å². The molecular formula is C16H19NO3S. The highest BCUT2D eigenvalue weighted by molar-refractivity contribution is 7.99. The first-order valence-electron chi connectivity index (χ1n) is 7.28. The molecule has 0 atom stereocenters. The number of benzene rings is 1. The highest BCUT2D eigenvalue weighted by Crippen LogP contribution is 2.26. The molecule has 2 aromatic rings. The van der Waals surface area contributed by atoms with Crippen molar-refractivity contribution >= 4 is 28.7 Å². The molecular weight excluding hydrogens is 286 g/mol. The van der Waals surface area contributed by atoms with Crippen molar-refractivity contribution in [3.8, 4) is 0 Å². The summed E-state index contributed by atoms with van der Waals surface area (Å²) in [5, 5.41) is 13.6. The number of hydrogen-bond acceptors (Lipinski definition) is 4. The molecule has 1 fully saturated rings. The summed E-state index contributed by atoms with van der Waals surface area (Å²) in [5.41, 5.74) is 1.39. The highest BCUT2D eigenvalue weighted by atomic mass is 32.2. The van der Waals surface area contributed by atoms with Crippen molar-refractivity contribution in [2.24, 2.45) is 5.92 Å². The second-order valence-electron chi connectivity index (χ2n) is 5.40. The molecule has 0 saturated carbocycles. The Morgan fingerprint density at radius 1 is 1.33 bits per heavy atom. The SMILES string of the molecule is O=C(O)c1oc2ccccc2c1CNCC1CCSCC1. The van der Waals surface area contributed by atoms with Crippen LogP contribution < -0.4 is 5.32 Å². The number of carboxylic acids is 1. The first kappa shape index (κ1) is 14.5. The molecule has 0 unspecified atom stereocenters. The summed E-state index contributed by atoms with van der Waals surface area (Å²) in [5.74, 6) is 2.24. The van der Waals surface area contributed by atoms with Crippen LogP contribution in [0.25, 0.3) is 11.0 Å². The van der Waals surface area contributed by atoms with Gasteiger partial charge in [0.15, 0.2) is 0 Å². The Kier molecular flexibility index (Phi) is 4.51. The first-order valence-corrected chi connectivity index (χ1v) is 8.43. The van der Waals surface area contributed by atoms with Gasteiger partial charge in [-0.25, -0.2) is 4.79 Å². The second kappa shape index (κ2) is 6.54. The largest absolute Gasteiger partial charge is 0.475 e. The number of nitrogens with one attached hydrogen (secondary N) is 1. The average molecular weight is 305 g/mol. The van der Waals surface area contributed by atoms with Gasteiger partial charge in [0.2, 0.25) is 5.76 Å².